The Labute approximate surface area is 145 Å². The number of rotatable bonds is 4. The first-order valence-corrected chi connectivity index (χ1v) is 9.26. The molecule has 1 atom stereocenters. The summed E-state index contributed by atoms with van der Waals surface area (Å²) in [5, 5.41) is 0. The summed E-state index contributed by atoms with van der Waals surface area (Å²) in [5.74, 6) is 0.230. The van der Waals surface area contributed by atoms with E-state index >= 15 is 0 Å². The number of carbonyl (C=O) groups is 1. The van der Waals surface area contributed by atoms with Crippen LogP contribution in [0.4, 0.5) is 5.69 Å². The number of hydrogen-bond donors (Lipinski definition) is 0. The monoisotopic (exact) mass is 330 g/mol. The van der Waals surface area contributed by atoms with E-state index in [0.717, 1.165) is 51.1 Å². The van der Waals surface area contributed by atoms with Crippen molar-refractivity contribution in [3.05, 3.63) is 29.8 Å². The highest BCUT2D eigenvalue weighted by Gasteiger charge is 2.33. The van der Waals surface area contributed by atoms with E-state index < -0.39 is 0 Å². The van der Waals surface area contributed by atoms with Gasteiger partial charge in [0.15, 0.2) is 0 Å². The second-order valence-electron chi connectivity index (χ2n) is 7.60. The number of hydrogen-bond acceptors (Lipinski definition) is 3. The summed E-state index contributed by atoms with van der Waals surface area (Å²) in [6, 6.07) is 8.76. The third-order valence-corrected chi connectivity index (χ3v) is 5.34. The van der Waals surface area contributed by atoms with Crippen LogP contribution >= 0.6 is 0 Å². The molecule has 1 saturated heterocycles. The zero-order chi connectivity index (χ0) is 17.2. The van der Waals surface area contributed by atoms with Gasteiger partial charge in [-0.15, -0.1) is 0 Å². The van der Waals surface area contributed by atoms with Gasteiger partial charge in [0.2, 0.25) is 5.91 Å². The zero-order valence-corrected chi connectivity index (χ0v) is 15.3. The molecule has 0 spiro atoms. The lowest BCUT2D eigenvalue weighted by Gasteiger charge is -2.41. The van der Waals surface area contributed by atoms with E-state index in [9.17, 15) is 4.79 Å². The lowest BCUT2D eigenvalue weighted by molar-refractivity contribution is -0.123. The zero-order valence-electron chi connectivity index (χ0n) is 15.3. The van der Waals surface area contributed by atoms with Crippen LogP contribution in [0.3, 0.4) is 0 Å². The van der Waals surface area contributed by atoms with Gasteiger partial charge in [0, 0.05) is 24.9 Å². The normalized spacial score (nSPS) is 23.2. The van der Waals surface area contributed by atoms with Crippen LogP contribution in [0.15, 0.2) is 24.3 Å². The quantitative estimate of drug-likeness (QED) is 0.849. The van der Waals surface area contributed by atoms with Gasteiger partial charge in [-0.2, -0.15) is 0 Å². The van der Waals surface area contributed by atoms with Crippen LogP contribution in [0.5, 0.6) is 0 Å². The summed E-state index contributed by atoms with van der Waals surface area (Å²) in [6.07, 6.45) is 4.14. The van der Waals surface area contributed by atoms with Gasteiger partial charge in [0.25, 0.3) is 0 Å². The average molecular weight is 330 g/mol. The highest BCUT2D eigenvalue weighted by Crippen LogP contribution is 2.29. The molecule has 1 aromatic rings. The summed E-state index contributed by atoms with van der Waals surface area (Å²) >= 11 is 0. The predicted octanol–water partition coefficient (Wildman–Crippen LogP) is 3.25. The van der Waals surface area contributed by atoms with E-state index in [1.54, 1.807) is 0 Å². The van der Waals surface area contributed by atoms with Gasteiger partial charge < -0.3 is 9.64 Å². The fraction of sp³-hybridized carbons (Fsp3) is 0.650. The van der Waals surface area contributed by atoms with E-state index in [1.807, 2.05) is 11.0 Å². The lowest BCUT2D eigenvalue weighted by atomic mass is 9.92. The Kier molecular flexibility index (Phi) is 5.26. The maximum Gasteiger partial charge on any atom is 0.241 e. The maximum atomic E-state index is 13.0. The second kappa shape index (κ2) is 7.24. The molecule has 2 aliphatic rings. The first kappa shape index (κ1) is 17.4. The molecule has 1 amide bonds. The number of anilines is 1. The van der Waals surface area contributed by atoms with Crippen molar-refractivity contribution < 1.29 is 9.53 Å². The molecule has 0 aromatic heterocycles. The lowest BCUT2D eigenvalue weighted by Crippen LogP contribution is -2.50. The van der Waals surface area contributed by atoms with Crippen molar-refractivity contribution in [3.8, 4) is 0 Å². The Hall–Kier alpha value is -1.39. The third kappa shape index (κ3) is 3.81. The first-order chi connectivity index (χ1) is 11.5. The van der Waals surface area contributed by atoms with Gasteiger partial charge in [0.1, 0.15) is 0 Å². The van der Waals surface area contributed by atoms with Crippen molar-refractivity contribution in [2.24, 2.45) is 0 Å². The van der Waals surface area contributed by atoms with Crippen molar-refractivity contribution in [1.29, 1.82) is 0 Å². The topological polar surface area (TPSA) is 32.8 Å². The predicted molar refractivity (Wildman–Crippen MR) is 97.4 cm³/mol. The molecule has 132 valence electrons. The Balaban J connectivity index is 1.69. The molecule has 0 bridgehead atoms. The number of benzene rings is 1. The smallest absolute Gasteiger partial charge is 0.241 e. The molecule has 0 radical (unpaired) electrons. The molecule has 4 heteroatoms. The molecular formula is C20H30N2O2. The summed E-state index contributed by atoms with van der Waals surface area (Å²) in [5.41, 5.74) is 2.32. The highest BCUT2D eigenvalue weighted by atomic mass is 16.5. The molecule has 4 nitrogen and oxygen atoms in total. The van der Waals surface area contributed by atoms with Gasteiger partial charge in [-0.25, -0.2) is 0 Å². The molecule has 2 heterocycles. The van der Waals surface area contributed by atoms with Crippen LogP contribution in [0.1, 0.15) is 45.6 Å². The number of amides is 1. The summed E-state index contributed by atoms with van der Waals surface area (Å²) in [6.45, 7) is 9.49. The van der Waals surface area contributed by atoms with Crippen molar-refractivity contribution in [1.82, 2.24) is 4.90 Å². The van der Waals surface area contributed by atoms with E-state index in [1.165, 1.54) is 5.56 Å². The minimum Gasteiger partial charge on any atom is -0.375 e. The third-order valence-electron chi connectivity index (χ3n) is 5.34. The summed E-state index contributed by atoms with van der Waals surface area (Å²) < 4.78 is 5.84. The SMILES string of the molecule is CCN(CC(=O)N1CCCc2ccccc21)C1CCOC(C)(C)C1. The van der Waals surface area contributed by atoms with Crippen molar-refractivity contribution in [2.75, 3.05) is 31.1 Å². The van der Waals surface area contributed by atoms with Crippen molar-refractivity contribution in [3.63, 3.8) is 0 Å². The molecule has 1 unspecified atom stereocenters. The molecule has 3 rings (SSSR count). The molecule has 0 N–H and O–H groups in total. The Bertz CT molecular complexity index is 585. The van der Waals surface area contributed by atoms with Crippen LogP contribution in [-0.4, -0.2) is 48.7 Å². The number of ether oxygens (including phenoxy) is 1. The Morgan fingerprint density at radius 3 is 2.92 bits per heavy atom. The van der Waals surface area contributed by atoms with E-state index in [0.29, 0.717) is 12.6 Å². The fourth-order valence-electron chi connectivity index (χ4n) is 4.06. The number of fused-ring (bicyclic) bond motifs is 1. The van der Waals surface area contributed by atoms with Crippen LogP contribution in [0.2, 0.25) is 0 Å². The largest absolute Gasteiger partial charge is 0.375 e. The van der Waals surface area contributed by atoms with Gasteiger partial charge in [-0.05, 0) is 57.7 Å². The van der Waals surface area contributed by atoms with Gasteiger partial charge in [-0.3, -0.25) is 9.69 Å². The number of aryl methyl sites for hydroxylation is 1. The minimum atomic E-state index is -0.0862. The molecular weight excluding hydrogens is 300 g/mol. The summed E-state index contributed by atoms with van der Waals surface area (Å²) in [4.78, 5) is 17.3. The Morgan fingerprint density at radius 1 is 1.38 bits per heavy atom. The number of carbonyl (C=O) groups excluding carboxylic acids is 1. The molecule has 1 aromatic carbocycles. The fourth-order valence-corrected chi connectivity index (χ4v) is 4.06. The molecule has 2 aliphatic heterocycles. The molecule has 24 heavy (non-hydrogen) atoms. The number of para-hydroxylation sites is 1. The van der Waals surface area contributed by atoms with E-state index in [-0.39, 0.29) is 11.5 Å². The molecule has 1 fully saturated rings. The Morgan fingerprint density at radius 2 is 2.17 bits per heavy atom. The van der Waals surface area contributed by atoms with Crippen LogP contribution in [0.25, 0.3) is 0 Å². The van der Waals surface area contributed by atoms with Crippen molar-refractivity contribution in [2.45, 2.75) is 58.1 Å². The van der Waals surface area contributed by atoms with E-state index in [2.05, 4.69) is 43.9 Å². The molecule has 0 aliphatic carbocycles. The van der Waals surface area contributed by atoms with Gasteiger partial charge >= 0.3 is 0 Å². The first-order valence-electron chi connectivity index (χ1n) is 9.26. The number of nitrogens with zero attached hydrogens (tertiary/aromatic N) is 2. The van der Waals surface area contributed by atoms with Crippen LogP contribution < -0.4 is 4.90 Å². The van der Waals surface area contributed by atoms with Crippen molar-refractivity contribution >= 4 is 11.6 Å². The van der Waals surface area contributed by atoms with Gasteiger partial charge in [-0.1, -0.05) is 25.1 Å². The van der Waals surface area contributed by atoms with Crippen LogP contribution in [0, 0.1) is 0 Å². The second-order valence-corrected chi connectivity index (χ2v) is 7.60. The molecule has 0 saturated carbocycles. The highest BCUT2D eigenvalue weighted by molar-refractivity contribution is 5.96. The van der Waals surface area contributed by atoms with Crippen LogP contribution in [-0.2, 0) is 16.0 Å². The van der Waals surface area contributed by atoms with Gasteiger partial charge in [0.05, 0.1) is 12.1 Å². The summed E-state index contributed by atoms with van der Waals surface area (Å²) in [7, 11) is 0. The average Bonchev–Trinajstić information content (AvgIpc) is 2.58. The maximum absolute atomic E-state index is 13.0. The standard InChI is InChI=1S/C20H30N2O2/c1-4-21(17-11-13-24-20(2,3)14-17)15-19(23)22-12-7-9-16-8-5-6-10-18(16)22/h5-6,8,10,17H,4,7,9,11-15H2,1-3H3. The van der Waals surface area contributed by atoms with E-state index in [4.69, 9.17) is 4.74 Å². The minimum absolute atomic E-state index is 0.0862. The number of likely N-dealkylation sites (N-methyl/N-ethyl adjacent to an activating group) is 1.